The van der Waals surface area contributed by atoms with E-state index in [4.69, 9.17) is 19.5 Å². The van der Waals surface area contributed by atoms with E-state index in [1.165, 1.54) is 39.5 Å². The molecule has 72 heavy (non-hydrogen) atoms. The lowest BCUT2D eigenvalue weighted by molar-refractivity contribution is -0.137. The number of nitrogen functional groups attached to an aromatic ring is 1. The average molecular weight is 1100 g/mol. The van der Waals surface area contributed by atoms with Gasteiger partial charge in [-0.15, -0.1) is 0 Å². The lowest BCUT2D eigenvalue weighted by Crippen LogP contribution is -2.46. The topological polar surface area (TPSA) is 364 Å². The molecule has 1 aliphatic heterocycles. The molecule has 7 atom stereocenters. The number of aliphatic hydroxyl groups is 2. The number of hydrogen-bond acceptors (Lipinski definition) is 18. The van der Waals surface area contributed by atoms with E-state index in [9.17, 15) is 57.9 Å². The second kappa shape index (κ2) is 32.1. The van der Waals surface area contributed by atoms with Gasteiger partial charge in [0.05, 0.1) is 19.5 Å². The third kappa shape index (κ3) is 24.2. The fraction of sp³-hybridized carbons (Fsp3) is 0.636. The van der Waals surface area contributed by atoms with E-state index in [1.807, 2.05) is 0 Å². The molecule has 406 valence electrons. The summed E-state index contributed by atoms with van der Waals surface area (Å²) < 4.78 is 62.5. The molecule has 2 aromatic rings. The number of aliphatic hydroxyl groups excluding tert-OH is 2. The van der Waals surface area contributed by atoms with Crippen LogP contribution in [0, 0.1) is 5.41 Å². The summed E-state index contributed by atoms with van der Waals surface area (Å²) in [5.74, 6) is -1.06. The monoisotopic (exact) mass is 1100 g/mol. The zero-order valence-corrected chi connectivity index (χ0v) is 44.4. The van der Waals surface area contributed by atoms with Crippen molar-refractivity contribution >= 4 is 69.1 Å². The molecular weight excluding hydrogens is 1020 g/mol. The number of fused-ring (bicyclic) bond motifs is 1. The molecule has 28 heteroatoms. The van der Waals surface area contributed by atoms with Gasteiger partial charge in [0.25, 0.3) is 0 Å². The minimum absolute atomic E-state index is 0.0313. The summed E-state index contributed by atoms with van der Waals surface area (Å²) in [5, 5.41) is 26.7. The molecule has 1 saturated heterocycles. The normalized spacial score (nSPS) is 20.0. The third-order valence-electron chi connectivity index (χ3n) is 10.7. The summed E-state index contributed by atoms with van der Waals surface area (Å²) in [5.41, 5.74) is 4.28. The molecule has 0 aromatic carbocycles. The Bertz CT molecular complexity index is 2280. The Morgan fingerprint density at radius 1 is 0.847 bits per heavy atom. The molecule has 3 heterocycles. The molecule has 1 fully saturated rings. The Morgan fingerprint density at radius 3 is 2.10 bits per heavy atom. The SMILES string of the molecule is CCCCC/C=C\C/C=C\C/C=C\C/C=C\CCCCCCC(=O)SCCNC(=O)CCNC(=O)[C@H](O)C(C)(C)COP(=O)(O)OP(=O)(O)OC[C@H]1O[C@@H](n2cnc3c(N)ncnc32)C(O)[C@H]1OP(=O)(O)O. The van der Waals surface area contributed by atoms with Gasteiger partial charge in [-0.05, 0) is 51.4 Å². The highest BCUT2D eigenvalue weighted by molar-refractivity contribution is 8.13. The lowest BCUT2D eigenvalue weighted by atomic mass is 9.87. The second-order valence-electron chi connectivity index (χ2n) is 17.3. The van der Waals surface area contributed by atoms with Crippen LogP contribution in [0.5, 0.6) is 0 Å². The number of phosphoric acid groups is 3. The summed E-state index contributed by atoms with van der Waals surface area (Å²) in [6, 6.07) is 0. The predicted octanol–water partition coefficient (Wildman–Crippen LogP) is 5.98. The number of nitrogens with two attached hydrogens (primary N) is 1. The Kier molecular flexibility index (Phi) is 28.0. The minimum Gasteiger partial charge on any atom is -0.386 e. The van der Waals surface area contributed by atoms with E-state index < -0.39 is 84.6 Å². The number of rotatable bonds is 36. The number of thioether (sulfide) groups is 1. The van der Waals surface area contributed by atoms with Crippen molar-refractivity contribution in [3.05, 3.63) is 61.3 Å². The van der Waals surface area contributed by atoms with E-state index in [0.717, 1.165) is 80.4 Å². The summed E-state index contributed by atoms with van der Waals surface area (Å²) in [6.45, 7) is 2.75. The van der Waals surface area contributed by atoms with E-state index in [0.29, 0.717) is 12.2 Å². The molecule has 2 amide bonds. The van der Waals surface area contributed by atoms with E-state index in [2.05, 4.69) is 90.0 Å². The summed E-state index contributed by atoms with van der Waals surface area (Å²) in [6.07, 6.45) is 23.8. The highest BCUT2D eigenvalue weighted by Gasteiger charge is 2.50. The number of nitrogens with zero attached hydrogens (tertiary/aromatic N) is 4. The maximum absolute atomic E-state index is 12.8. The van der Waals surface area contributed by atoms with Crippen LogP contribution in [0.4, 0.5) is 5.82 Å². The van der Waals surface area contributed by atoms with Gasteiger partial charge in [-0.1, -0.05) is 107 Å². The van der Waals surface area contributed by atoms with Crippen LogP contribution in [0.25, 0.3) is 11.2 Å². The molecular formula is C44H72N7O17P3S. The number of amides is 2. The third-order valence-corrected chi connectivity index (χ3v) is 14.8. The summed E-state index contributed by atoms with van der Waals surface area (Å²) in [4.78, 5) is 88.5. The average Bonchev–Trinajstić information content (AvgIpc) is 3.87. The highest BCUT2D eigenvalue weighted by atomic mass is 32.2. The van der Waals surface area contributed by atoms with Crippen LogP contribution in [0.15, 0.2) is 61.3 Å². The maximum atomic E-state index is 12.8. The van der Waals surface area contributed by atoms with Crippen molar-refractivity contribution in [3.8, 4) is 0 Å². The first kappa shape index (κ1) is 62.8. The number of hydrogen-bond donors (Lipinski definition) is 9. The number of carbonyl (C=O) groups is 3. The molecule has 3 rings (SSSR count). The van der Waals surface area contributed by atoms with E-state index in [1.54, 1.807) is 0 Å². The minimum atomic E-state index is -5.58. The first-order valence-corrected chi connectivity index (χ1v) is 29.2. The van der Waals surface area contributed by atoms with Gasteiger partial charge in [-0.2, -0.15) is 4.31 Å². The lowest BCUT2D eigenvalue weighted by Gasteiger charge is -2.30. The molecule has 24 nitrogen and oxygen atoms in total. The molecule has 0 aliphatic carbocycles. The Hall–Kier alpha value is -3.48. The van der Waals surface area contributed by atoms with Gasteiger partial charge in [-0.25, -0.2) is 28.6 Å². The van der Waals surface area contributed by atoms with Crippen LogP contribution < -0.4 is 16.4 Å². The number of aromatic nitrogens is 4. The molecule has 3 unspecified atom stereocenters. The van der Waals surface area contributed by atoms with Crippen LogP contribution in [-0.4, -0.2) is 123 Å². The van der Waals surface area contributed by atoms with Crippen molar-refractivity contribution in [1.29, 1.82) is 0 Å². The molecule has 2 aromatic heterocycles. The second-order valence-corrected chi connectivity index (χ2v) is 22.7. The van der Waals surface area contributed by atoms with Crippen LogP contribution in [-0.2, 0) is 50.7 Å². The largest absolute Gasteiger partial charge is 0.481 e. The summed E-state index contributed by atoms with van der Waals surface area (Å²) in [7, 11) is -16.4. The number of phosphoric ester groups is 3. The number of imidazole rings is 1. The van der Waals surface area contributed by atoms with Gasteiger partial charge >= 0.3 is 23.5 Å². The Morgan fingerprint density at radius 2 is 1.46 bits per heavy atom. The number of nitrogens with one attached hydrogen (secondary N) is 2. The Balaban J connectivity index is 1.26. The first-order valence-electron chi connectivity index (χ1n) is 23.7. The van der Waals surface area contributed by atoms with E-state index in [-0.39, 0.29) is 41.6 Å². The number of allylic oxidation sites excluding steroid dienone is 8. The smallest absolute Gasteiger partial charge is 0.386 e. The van der Waals surface area contributed by atoms with Crippen LogP contribution in [0.1, 0.15) is 117 Å². The van der Waals surface area contributed by atoms with Crippen molar-refractivity contribution in [2.24, 2.45) is 5.41 Å². The highest BCUT2D eigenvalue weighted by Crippen LogP contribution is 2.61. The zero-order valence-electron chi connectivity index (χ0n) is 40.9. The van der Waals surface area contributed by atoms with Gasteiger partial charge in [0.2, 0.25) is 11.8 Å². The zero-order chi connectivity index (χ0) is 53.2. The number of anilines is 1. The summed E-state index contributed by atoms with van der Waals surface area (Å²) >= 11 is 1.14. The molecule has 0 radical (unpaired) electrons. The van der Waals surface area contributed by atoms with Gasteiger partial charge in [0, 0.05) is 37.1 Å². The van der Waals surface area contributed by atoms with Crippen LogP contribution in [0.3, 0.4) is 0 Å². The number of unbranched alkanes of at least 4 members (excludes halogenated alkanes) is 7. The quantitative estimate of drug-likeness (QED) is 0.0215. The first-order chi connectivity index (χ1) is 34.1. The standard InChI is InChI=1S/C44H72N7O17P3S/c1-4-5-6-7-8-9-10-11-12-13-14-15-16-17-18-19-20-21-22-23-24-35(53)72-28-27-46-34(52)25-26-47-42(56)39(55)44(2,3)30-65-71(62,63)68-70(60,61)64-29-33-38(67-69(57,58)59)37(54)43(66-33)51-32-50-36-40(45)48-31-49-41(36)51/h8-9,11-12,14-15,17-18,31-33,37-39,43,54-55H,4-7,10,13,16,19-30H2,1-3H3,(H,46,52)(H,47,56)(H,60,61)(H,62,63)(H2,45,48,49)(H2,57,58,59)/b9-8-,12-11-,15-14-,18-17-/t33-,37?,38+,39+,43-/m1/s1. The fourth-order valence-corrected chi connectivity index (χ4v) is 10.4. The predicted molar refractivity (Wildman–Crippen MR) is 269 cm³/mol. The van der Waals surface area contributed by atoms with Crippen molar-refractivity contribution in [1.82, 2.24) is 30.2 Å². The molecule has 0 saturated carbocycles. The van der Waals surface area contributed by atoms with Crippen molar-refractivity contribution in [2.75, 3.05) is 37.8 Å². The number of ether oxygens (including phenoxy) is 1. The molecule has 10 N–H and O–H groups in total. The molecule has 1 aliphatic rings. The van der Waals surface area contributed by atoms with Gasteiger partial charge in [-0.3, -0.25) is 32.5 Å². The van der Waals surface area contributed by atoms with E-state index >= 15 is 0 Å². The molecule has 0 spiro atoms. The van der Waals surface area contributed by atoms with Crippen molar-refractivity contribution in [3.63, 3.8) is 0 Å². The van der Waals surface area contributed by atoms with Gasteiger partial charge in [0.1, 0.15) is 36.3 Å². The Labute approximate surface area is 424 Å². The van der Waals surface area contributed by atoms with Crippen molar-refractivity contribution < 1.29 is 80.5 Å². The van der Waals surface area contributed by atoms with Gasteiger partial charge in [0.15, 0.2) is 22.8 Å². The van der Waals surface area contributed by atoms with Crippen LogP contribution >= 0.6 is 35.2 Å². The number of carbonyl (C=O) groups excluding carboxylic acids is 3. The van der Waals surface area contributed by atoms with Crippen molar-refractivity contribution in [2.45, 2.75) is 141 Å². The molecule has 0 bridgehead atoms. The van der Waals surface area contributed by atoms with Gasteiger partial charge < -0.3 is 50.9 Å². The van der Waals surface area contributed by atoms with Crippen LogP contribution in [0.2, 0.25) is 0 Å². The fourth-order valence-electron chi connectivity index (χ4n) is 6.81. The maximum Gasteiger partial charge on any atom is 0.481 e.